The zero-order valence-electron chi connectivity index (χ0n) is 11.7. The third-order valence-corrected chi connectivity index (χ3v) is 3.80. The van der Waals surface area contributed by atoms with Gasteiger partial charge in [0.25, 0.3) is 0 Å². The van der Waals surface area contributed by atoms with Gasteiger partial charge in [-0.15, -0.1) is 11.3 Å². The maximum Gasteiger partial charge on any atom is 0.240 e. The van der Waals surface area contributed by atoms with Crippen LogP contribution in [0.4, 0.5) is 11.8 Å². The van der Waals surface area contributed by atoms with Gasteiger partial charge in [-0.3, -0.25) is 5.43 Å². The van der Waals surface area contributed by atoms with Crippen molar-refractivity contribution in [3.63, 3.8) is 0 Å². The summed E-state index contributed by atoms with van der Waals surface area (Å²) in [6.07, 6.45) is 0.650. The number of nitrogens with zero attached hydrogens (tertiary/aromatic N) is 4. The van der Waals surface area contributed by atoms with Crippen LogP contribution in [0, 0.1) is 13.8 Å². The third kappa shape index (κ3) is 2.93. The van der Waals surface area contributed by atoms with Crippen LogP contribution in [0.2, 0.25) is 0 Å². The maximum absolute atomic E-state index is 5.41. The summed E-state index contributed by atoms with van der Waals surface area (Å²) in [4.78, 5) is 14.9. The van der Waals surface area contributed by atoms with Gasteiger partial charge < -0.3 is 9.84 Å². The van der Waals surface area contributed by atoms with Crippen molar-refractivity contribution in [1.82, 2.24) is 20.1 Å². The molecule has 0 spiro atoms. The molecule has 4 N–H and O–H groups in total. The number of fused-ring (bicyclic) bond motifs is 1. The molecule has 9 heteroatoms. The number of nitrogens with two attached hydrogens (primary N) is 1. The first-order valence-corrected chi connectivity index (χ1v) is 7.25. The summed E-state index contributed by atoms with van der Waals surface area (Å²) in [5.74, 6) is 7.78. The minimum absolute atomic E-state index is 0.391. The summed E-state index contributed by atoms with van der Waals surface area (Å²) >= 11 is 1.60. The van der Waals surface area contributed by atoms with E-state index in [0.717, 1.165) is 16.0 Å². The van der Waals surface area contributed by atoms with E-state index >= 15 is 0 Å². The number of aryl methyl sites for hydroxylation is 2. The molecule has 0 amide bonds. The molecule has 0 saturated heterocycles. The summed E-state index contributed by atoms with van der Waals surface area (Å²) in [6.45, 7) is 4.45. The molecule has 110 valence electrons. The standard InChI is InChI=1S/C12H15N7OS/c1-6-5-8-10(16-12(18-13)17-11(8)21-6)14-4-3-9-15-7(2)20-19-9/h5H,3-4,13H2,1-2H3,(H2,14,16,17,18). The molecule has 0 bridgehead atoms. The zero-order chi connectivity index (χ0) is 14.8. The first kappa shape index (κ1) is 13.7. The highest BCUT2D eigenvalue weighted by molar-refractivity contribution is 7.18. The SMILES string of the molecule is Cc1nc(CCNc2nc(NN)nc3sc(C)cc23)no1. The molecular formula is C12H15N7OS. The Labute approximate surface area is 124 Å². The largest absolute Gasteiger partial charge is 0.369 e. The second-order valence-electron chi connectivity index (χ2n) is 4.52. The fourth-order valence-corrected chi connectivity index (χ4v) is 2.86. The van der Waals surface area contributed by atoms with E-state index in [-0.39, 0.29) is 0 Å². The summed E-state index contributed by atoms with van der Waals surface area (Å²) in [6, 6.07) is 2.06. The molecule has 0 atom stereocenters. The minimum atomic E-state index is 0.391. The number of hydrazine groups is 1. The van der Waals surface area contributed by atoms with Gasteiger partial charge in [-0.1, -0.05) is 5.16 Å². The Kier molecular flexibility index (Phi) is 3.67. The van der Waals surface area contributed by atoms with E-state index in [0.29, 0.717) is 30.6 Å². The van der Waals surface area contributed by atoms with Crippen molar-refractivity contribution in [1.29, 1.82) is 0 Å². The molecule has 3 aromatic heterocycles. The van der Waals surface area contributed by atoms with Gasteiger partial charge in [-0.2, -0.15) is 9.97 Å². The number of anilines is 2. The molecule has 3 rings (SSSR count). The van der Waals surface area contributed by atoms with E-state index in [1.54, 1.807) is 18.3 Å². The average Bonchev–Trinajstić information content (AvgIpc) is 3.03. The molecule has 0 saturated carbocycles. The first-order chi connectivity index (χ1) is 10.2. The lowest BCUT2D eigenvalue weighted by Gasteiger charge is -2.07. The van der Waals surface area contributed by atoms with E-state index in [1.165, 1.54) is 4.88 Å². The number of thiophene rings is 1. The molecule has 0 fully saturated rings. The summed E-state index contributed by atoms with van der Waals surface area (Å²) < 4.78 is 4.94. The topological polar surface area (TPSA) is 115 Å². The van der Waals surface area contributed by atoms with Crippen molar-refractivity contribution in [3.8, 4) is 0 Å². The Balaban J connectivity index is 1.78. The fraction of sp³-hybridized carbons (Fsp3) is 0.333. The van der Waals surface area contributed by atoms with E-state index in [9.17, 15) is 0 Å². The molecule has 0 radical (unpaired) electrons. The lowest BCUT2D eigenvalue weighted by atomic mass is 10.3. The zero-order valence-corrected chi connectivity index (χ0v) is 12.5. The first-order valence-electron chi connectivity index (χ1n) is 6.43. The van der Waals surface area contributed by atoms with E-state index in [4.69, 9.17) is 10.4 Å². The van der Waals surface area contributed by atoms with Gasteiger partial charge in [0.05, 0.1) is 5.39 Å². The van der Waals surface area contributed by atoms with Gasteiger partial charge in [-0.25, -0.2) is 10.8 Å². The Bertz CT molecular complexity index is 766. The number of nitrogens with one attached hydrogen (secondary N) is 2. The highest BCUT2D eigenvalue weighted by atomic mass is 32.1. The second kappa shape index (κ2) is 5.62. The van der Waals surface area contributed by atoms with Crippen molar-refractivity contribution >= 4 is 33.3 Å². The van der Waals surface area contributed by atoms with Crippen LogP contribution in [0.25, 0.3) is 10.2 Å². The van der Waals surface area contributed by atoms with E-state index in [1.807, 2.05) is 6.92 Å². The average molecular weight is 305 g/mol. The Morgan fingerprint density at radius 2 is 2.14 bits per heavy atom. The number of aromatic nitrogens is 4. The molecule has 0 aliphatic rings. The molecule has 21 heavy (non-hydrogen) atoms. The van der Waals surface area contributed by atoms with Gasteiger partial charge in [-0.05, 0) is 13.0 Å². The highest BCUT2D eigenvalue weighted by Gasteiger charge is 2.10. The predicted molar refractivity (Wildman–Crippen MR) is 81.2 cm³/mol. The predicted octanol–water partition coefficient (Wildman–Crippen LogP) is 1.63. The lowest BCUT2D eigenvalue weighted by Crippen LogP contribution is -2.13. The van der Waals surface area contributed by atoms with Crippen molar-refractivity contribution in [2.45, 2.75) is 20.3 Å². The smallest absolute Gasteiger partial charge is 0.240 e. The number of hydrogen-bond acceptors (Lipinski definition) is 9. The summed E-state index contributed by atoms with van der Waals surface area (Å²) in [5.41, 5.74) is 2.48. The van der Waals surface area contributed by atoms with Crippen molar-refractivity contribution < 1.29 is 4.52 Å². The van der Waals surface area contributed by atoms with Crippen LogP contribution in [0.3, 0.4) is 0 Å². The van der Waals surface area contributed by atoms with Gasteiger partial charge in [0.1, 0.15) is 10.6 Å². The molecular weight excluding hydrogens is 290 g/mol. The van der Waals surface area contributed by atoms with E-state index in [2.05, 4.69) is 36.9 Å². The molecule has 0 aliphatic heterocycles. The van der Waals surface area contributed by atoms with Crippen LogP contribution in [0.1, 0.15) is 16.6 Å². The number of nitrogen functional groups attached to an aromatic ring is 1. The fourth-order valence-electron chi connectivity index (χ4n) is 1.98. The van der Waals surface area contributed by atoms with Crippen LogP contribution in [-0.4, -0.2) is 26.7 Å². The van der Waals surface area contributed by atoms with Gasteiger partial charge in [0, 0.05) is 24.8 Å². The summed E-state index contributed by atoms with van der Waals surface area (Å²) in [5, 5.41) is 8.12. The van der Waals surface area contributed by atoms with Crippen molar-refractivity contribution in [2.24, 2.45) is 5.84 Å². The van der Waals surface area contributed by atoms with Crippen LogP contribution >= 0.6 is 11.3 Å². The molecule has 8 nitrogen and oxygen atoms in total. The van der Waals surface area contributed by atoms with Crippen molar-refractivity contribution in [3.05, 3.63) is 22.7 Å². The number of hydrogen-bond donors (Lipinski definition) is 3. The minimum Gasteiger partial charge on any atom is -0.369 e. The van der Waals surface area contributed by atoms with E-state index < -0.39 is 0 Å². The van der Waals surface area contributed by atoms with Crippen LogP contribution in [0.15, 0.2) is 10.6 Å². The Morgan fingerprint density at radius 3 is 2.86 bits per heavy atom. The monoisotopic (exact) mass is 305 g/mol. The number of rotatable bonds is 5. The Morgan fingerprint density at radius 1 is 1.29 bits per heavy atom. The third-order valence-electron chi connectivity index (χ3n) is 2.86. The molecule has 3 aromatic rings. The quantitative estimate of drug-likeness (QED) is 0.481. The van der Waals surface area contributed by atoms with Gasteiger partial charge in [0.2, 0.25) is 11.8 Å². The molecule has 3 heterocycles. The normalized spacial score (nSPS) is 11.0. The molecule has 0 aromatic carbocycles. The Hall–Kier alpha value is -2.26. The molecule has 0 aliphatic carbocycles. The van der Waals surface area contributed by atoms with Crippen LogP contribution < -0.4 is 16.6 Å². The van der Waals surface area contributed by atoms with Crippen molar-refractivity contribution in [2.75, 3.05) is 17.3 Å². The lowest BCUT2D eigenvalue weighted by molar-refractivity contribution is 0.387. The van der Waals surface area contributed by atoms with Crippen LogP contribution in [-0.2, 0) is 6.42 Å². The second-order valence-corrected chi connectivity index (χ2v) is 5.76. The molecule has 0 unspecified atom stereocenters. The maximum atomic E-state index is 5.41. The summed E-state index contributed by atoms with van der Waals surface area (Å²) in [7, 11) is 0. The van der Waals surface area contributed by atoms with Crippen LogP contribution in [0.5, 0.6) is 0 Å². The highest BCUT2D eigenvalue weighted by Crippen LogP contribution is 2.29. The van der Waals surface area contributed by atoms with Gasteiger partial charge >= 0.3 is 0 Å². The van der Waals surface area contributed by atoms with Gasteiger partial charge in [0.15, 0.2) is 5.82 Å².